The van der Waals surface area contributed by atoms with Crippen LogP contribution in [0.5, 0.6) is 0 Å². The Balaban J connectivity index is 4.32. The van der Waals surface area contributed by atoms with Crippen LogP contribution in [0.15, 0.2) is 0 Å². The molecule has 3 heteroatoms. The summed E-state index contributed by atoms with van der Waals surface area (Å²) in [5.41, 5.74) is -0.514. The lowest BCUT2D eigenvalue weighted by molar-refractivity contribution is -0.161. The maximum Gasteiger partial charge on any atom is 0.316 e. The van der Waals surface area contributed by atoms with Crippen LogP contribution in [0.4, 0.5) is 0 Å². The van der Waals surface area contributed by atoms with Crippen molar-refractivity contribution in [1.29, 1.82) is 0 Å². The van der Waals surface area contributed by atoms with Gasteiger partial charge in [-0.3, -0.25) is 9.59 Å². The Hall–Kier alpha value is -0.860. The molecule has 13 heavy (non-hydrogen) atoms. The van der Waals surface area contributed by atoms with Crippen LogP contribution >= 0.6 is 0 Å². The van der Waals surface area contributed by atoms with Gasteiger partial charge in [0.15, 0.2) is 0 Å². The van der Waals surface area contributed by atoms with Crippen LogP contribution in [0.3, 0.4) is 0 Å². The molecule has 0 radical (unpaired) electrons. The van der Waals surface area contributed by atoms with Gasteiger partial charge in [0.25, 0.3) is 0 Å². The molecule has 3 nitrogen and oxygen atoms in total. The molecule has 0 aromatic heterocycles. The third-order valence-electron chi connectivity index (χ3n) is 1.59. The molecule has 0 spiro atoms. The highest BCUT2D eigenvalue weighted by Crippen LogP contribution is 2.14. The molecular formula is C10H18O3. The van der Waals surface area contributed by atoms with E-state index < -0.39 is 17.5 Å². The predicted octanol–water partition coefficient (Wildman–Crippen LogP) is 1.94. The van der Waals surface area contributed by atoms with E-state index in [1.54, 1.807) is 27.7 Å². The number of rotatable bonds is 3. The predicted molar refractivity (Wildman–Crippen MR) is 50.3 cm³/mol. The van der Waals surface area contributed by atoms with E-state index in [9.17, 15) is 9.59 Å². The molecule has 0 N–H and O–H groups in total. The molecule has 0 fully saturated rings. The molecule has 0 aliphatic rings. The van der Waals surface area contributed by atoms with Crippen molar-refractivity contribution in [3.8, 4) is 0 Å². The smallest absolute Gasteiger partial charge is 0.316 e. The Morgan fingerprint density at radius 1 is 1.31 bits per heavy atom. The number of esters is 1. The summed E-state index contributed by atoms with van der Waals surface area (Å²) < 4.78 is 5.09. The van der Waals surface area contributed by atoms with Crippen molar-refractivity contribution in [3.05, 3.63) is 0 Å². The molecule has 0 bridgehead atoms. The van der Waals surface area contributed by atoms with E-state index in [1.165, 1.54) is 6.92 Å². The van der Waals surface area contributed by atoms with E-state index >= 15 is 0 Å². The first-order valence-electron chi connectivity index (χ1n) is 4.51. The van der Waals surface area contributed by atoms with Crippen LogP contribution in [0.2, 0.25) is 0 Å². The lowest BCUT2D eigenvalue weighted by atomic mass is 10.0. The van der Waals surface area contributed by atoms with Crippen LogP contribution in [0, 0.1) is 5.92 Å². The summed E-state index contributed by atoms with van der Waals surface area (Å²) in [5, 5.41) is 0. The first kappa shape index (κ1) is 12.1. The van der Waals surface area contributed by atoms with Gasteiger partial charge < -0.3 is 4.74 Å². The van der Waals surface area contributed by atoms with Gasteiger partial charge in [-0.2, -0.15) is 0 Å². The largest absolute Gasteiger partial charge is 0.459 e. The fourth-order valence-corrected chi connectivity index (χ4v) is 0.993. The topological polar surface area (TPSA) is 43.4 Å². The SMILES string of the molecule is CCC(C(C)=O)C(=O)OC(C)(C)C. The van der Waals surface area contributed by atoms with Gasteiger partial charge in [0.1, 0.15) is 17.3 Å². The molecule has 0 rings (SSSR count). The van der Waals surface area contributed by atoms with Gasteiger partial charge in [-0.05, 0) is 34.1 Å². The van der Waals surface area contributed by atoms with Crippen LogP contribution in [-0.4, -0.2) is 17.4 Å². The zero-order valence-electron chi connectivity index (χ0n) is 9.01. The molecule has 0 aliphatic heterocycles. The molecule has 0 aromatic carbocycles. The maximum absolute atomic E-state index is 11.4. The molecule has 0 heterocycles. The van der Waals surface area contributed by atoms with Gasteiger partial charge in [-0.15, -0.1) is 0 Å². The minimum atomic E-state index is -0.598. The van der Waals surface area contributed by atoms with Crippen molar-refractivity contribution in [3.63, 3.8) is 0 Å². The standard InChI is InChI=1S/C10H18O3/c1-6-8(7(2)11)9(12)13-10(3,4)5/h8H,6H2,1-5H3. The van der Waals surface area contributed by atoms with Crippen molar-refractivity contribution in [2.75, 3.05) is 0 Å². The Labute approximate surface area is 79.5 Å². The monoisotopic (exact) mass is 186 g/mol. The summed E-state index contributed by atoms with van der Waals surface area (Å²) in [6.45, 7) is 8.58. The first-order chi connectivity index (χ1) is 5.78. The molecule has 0 saturated carbocycles. The Morgan fingerprint density at radius 3 is 2.00 bits per heavy atom. The molecule has 1 atom stereocenters. The Kier molecular flexibility index (Phi) is 4.11. The van der Waals surface area contributed by atoms with Crippen LogP contribution in [-0.2, 0) is 14.3 Å². The number of ether oxygens (including phenoxy) is 1. The fraction of sp³-hybridized carbons (Fsp3) is 0.800. The van der Waals surface area contributed by atoms with Gasteiger partial charge in [-0.25, -0.2) is 0 Å². The van der Waals surface area contributed by atoms with E-state index in [0.717, 1.165) is 0 Å². The van der Waals surface area contributed by atoms with Gasteiger partial charge >= 0.3 is 5.97 Å². The second kappa shape index (κ2) is 4.40. The molecule has 0 saturated heterocycles. The van der Waals surface area contributed by atoms with E-state index in [0.29, 0.717) is 6.42 Å². The van der Waals surface area contributed by atoms with E-state index in [1.807, 2.05) is 0 Å². The van der Waals surface area contributed by atoms with Gasteiger partial charge in [-0.1, -0.05) is 6.92 Å². The van der Waals surface area contributed by atoms with Crippen LogP contribution in [0.1, 0.15) is 41.0 Å². The molecule has 76 valence electrons. The minimum Gasteiger partial charge on any atom is -0.459 e. The fourth-order valence-electron chi connectivity index (χ4n) is 0.993. The summed E-state index contributed by atoms with van der Waals surface area (Å²) >= 11 is 0. The van der Waals surface area contributed by atoms with E-state index in [-0.39, 0.29) is 5.78 Å². The van der Waals surface area contributed by atoms with Crippen LogP contribution < -0.4 is 0 Å². The molecule has 0 amide bonds. The van der Waals surface area contributed by atoms with Crippen molar-refractivity contribution in [2.24, 2.45) is 5.92 Å². The van der Waals surface area contributed by atoms with Crippen molar-refractivity contribution < 1.29 is 14.3 Å². The summed E-state index contributed by atoms with van der Waals surface area (Å²) in [4.78, 5) is 22.4. The molecular weight excluding hydrogens is 168 g/mol. The number of hydrogen-bond donors (Lipinski definition) is 0. The normalized spacial score (nSPS) is 13.6. The molecule has 1 unspecified atom stereocenters. The number of carbonyl (C=O) groups is 2. The van der Waals surface area contributed by atoms with Crippen LogP contribution in [0.25, 0.3) is 0 Å². The lowest BCUT2D eigenvalue weighted by Crippen LogP contribution is -2.31. The summed E-state index contributed by atoms with van der Waals surface area (Å²) in [7, 11) is 0. The molecule has 0 aromatic rings. The number of hydrogen-bond acceptors (Lipinski definition) is 3. The van der Waals surface area contributed by atoms with Crippen molar-refractivity contribution >= 4 is 11.8 Å². The van der Waals surface area contributed by atoms with Crippen molar-refractivity contribution in [1.82, 2.24) is 0 Å². The zero-order chi connectivity index (χ0) is 10.6. The molecule has 0 aliphatic carbocycles. The third kappa shape index (κ3) is 4.65. The average molecular weight is 186 g/mol. The quantitative estimate of drug-likeness (QED) is 0.499. The van der Waals surface area contributed by atoms with E-state index in [2.05, 4.69) is 0 Å². The number of Topliss-reactive ketones (excluding diaryl/α,β-unsaturated/α-hetero) is 1. The number of ketones is 1. The Bertz CT molecular complexity index is 201. The average Bonchev–Trinajstić information content (AvgIpc) is 1.82. The first-order valence-corrected chi connectivity index (χ1v) is 4.51. The highest BCUT2D eigenvalue weighted by atomic mass is 16.6. The second-order valence-corrected chi connectivity index (χ2v) is 4.10. The Morgan fingerprint density at radius 2 is 1.77 bits per heavy atom. The van der Waals surface area contributed by atoms with Gasteiger partial charge in [0.2, 0.25) is 0 Å². The highest BCUT2D eigenvalue weighted by Gasteiger charge is 2.26. The number of carbonyl (C=O) groups excluding carboxylic acids is 2. The van der Waals surface area contributed by atoms with Gasteiger partial charge in [0.05, 0.1) is 0 Å². The lowest BCUT2D eigenvalue weighted by Gasteiger charge is -2.22. The highest BCUT2D eigenvalue weighted by molar-refractivity contribution is 5.97. The minimum absolute atomic E-state index is 0.128. The summed E-state index contributed by atoms with van der Waals surface area (Å²) in [5.74, 6) is -1.14. The zero-order valence-corrected chi connectivity index (χ0v) is 9.01. The second-order valence-electron chi connectivity index (χ2n) is 4.10. The van der Waals surface area contributed by atoms with E-state index in [4.69, 9.17) is 4.74 Å². The summed E-state index contributed by atoms with van der Waals surface area (Å²) in [6.07, 6.45) is 0.504. The van der Waals surface area contributed by atoms with Crippen molar-refractivity contribution in [2.45, 2.75) is 46.6 Å². The van der Waals surface area contributed by atoms with Gasteiger partial charge in [0, 0.05) is 0 Å². The maximum atomic E-state index is 11.4. The summed E-state index contributed by atoms with van der Waals surface area (Å²) in [6, 6.07) is 0. The third-order valence-corrected chi connectivity index (χ3v) is 1.59.